The van der Waals surface area contributed by atoms with Gasteiger partial charge in [-0.3, -0.25) is 0 Å². The highest BCUT2D eigenvalue weighted by molar-refractivity contribution is 6.09. The van der Waals surface area contributed by atoms with E-state index in [2.05, 4.69) is 14.9 Å². The maximum atomic E-state index is 11.5. The van der Waals surface area contributed by atoms with Gasteiger partial charge in [0.25, 0.3) is 0 Å². The van der Waals surface area contributed by atoms with Crippen molar-refractivity contribution in [1.29, 1.82) is 0 Å². The number of hydrogen-bond donors (Lipinski definition) is 2. The van der Waals surface area contributed by atoms with E-state index in [1.54, 1.807) is 0 Å². The van der Waals surface area contributed by atoms with Crippen LogP contribution in [-0.2, 0) is 4.74 Å². The molecule has 0 aliphatic rings. The largest absolute Gasteiger partial charge is 0.464 e. The predicted molar refractivity (Wildman–Crippen MR) is 59.0 cm³/mol. The number of H-pyrrole nitrogens is 1. The fourth-order valence-electron chi connectivity index (χ4n) is 1.62. The highest BCUT2D eigenvalue weighted by Gasteiger charge is 2.16. The van der Waals surface area contributed by atoms with Crippen LogP contribution in [0.1, 0.15) is 16.1 Å². The van der Waals surface area contributed by atoms with Crippen molar-refractivity contribution < 1.29 is 14.7 Å². The molecule has 16 heavy (non-hydrogen) atoms. The molecule has 5 nitrogen and oxygen atoms in total. The maximum Gasteiger partial charge on any atom is 0.355 e. The van der Waals surface area contributed by atoms with E-state index < -0.39 is 5.97 Å². The lowest BCUT2D eigenvalue weighted by Crippen LogP contribution is -2.04. The van der Waals surface area contributed by atoms with Crippen molar-refractivity contribution in [3.63, 3.8) is 0 Å². The smallest absolute Gasteiger partial charge is 0.355 e. The fraction of sp³-hybridized carbons (Fsp3) is 0.0909. The molecule has 0 aliphatic heterocycles. The SMILES string of the molecule is COC(=O)c1[nH]c2ccccc2c1C=NO. The lowest BCUT2D eigenvalue weighted by molar-refractivity contribution is 0.0595. The van der Waals surface area contributed by atoms with E-state index in [1.165, 1.54) is 13.3 Å². The van der Waals surface area contributed by atoms with Crippen molar-refractivity contribution >= 4 is 23.1 Å². The number of rotatable bonds is 2. The summed E-state index contributed by atoms with van der Waals surface area (Å²) >= 11 is 0. The molecular formula is C11H10N2O3. The molecule has 1 aromatic carbocycles. The summed E-state index contributed by atoms with van der Waals surface area (Å²) in [6, 6.07) is 7.34. The summed E-state index contributed by atoms with van der Waals surface area (Å²) in [5, 5.41) is 12.3. The van der Waals surface area contributed by atoms with Crippen LogP contribution >= 0.6 is 0 Å². The quantitative estimate of drug-likeness (QED) is 0.349. The van der Waals surface area contributed by atoms with Crippen molar-refractivity contribution in [3.8, 4) is 0 Å². The number of benzene rings is 1. The second-order valence-electron chi connectivity index (χ2n) is 3.20. The molecule has 0 amide bonds. The van der Waals surface area contributed by atoms with Gasteiger partial charge in [-0.1, -0.05) is 23.4 Å². The molecule has 0 unspecified atom stereocenters. The zero-order chi connectivity index (χ0) is 11.5. The first-order valence-corrected chi connectivity index (χ1v) is 4.64. The van der Waals surface area contributed by atoms with E-state index in [4.69, 9.17) is 5.21 Å². The molecule has 0 atom stereocenters. The minimum Gasteiger partial charge on any atom is -0.464 e. The van der Waals surface area contributed by atoms with Crippen LogP contribution in [0.15, 0.2) is 29.4 Å². The Hall–Kier alpha value is -2.30. The first kappa shape index (κ1) is 10.2. The van der Waals surface area contributed by atoms with Crippen LogP contribution in [-0.4, -0.2) is 29.5 Å². The van der Waals surface area contributed by atoms with Gasteiger partial charge in [0.1, 0.15) is 5.69 Å². The third-order valence-corrected chi connectivity index (χ3v) is 2.32. The number of esters is 1. The molecule has 0 fully saturated rings. The van der Waals surface area contributed by atoms with Gasteiger partial charge in [0.05, 0.1) is 13.3 Å². The molecule has 0 aliphatic carbocycles. The Bertz CT molecular complexity index is 557. The van der Waals surface area contributed by atoms with Gasteiger partial charge in [-0.25, -0.2) is 4.79 Å². The Balaban J connectivity index is 2.72. The van der Waals surface area contributed by atoms with Crippen LogP contribution in [0.2, 0.25) is 0 Å². The number of aromatic nitrogens is 1. The van der Waals surface area contributed by atoms with E-state index in [9.17, 15) is 4.79 Å². The molecule has 0 spiro atoms. The van der Waals surface area contributed by atoms with Gasteiger partial charge in [-0.2, -0.15) is 0 Å². The number of fused-ring (bicyclic) bond motifs is 1. The van der Waals surface area contributed by atoms with Gasteiger partial charge in [0.2, 0.25) is 0 Å². The van der Waals surface area contributed by atoms with Crippen molar-refractivity contribution in [2.75, 3.05) is 7.11 Å². The minimum atomic E-state index is -0.494. The van der Waals surface area contributed by atoms with Crippen LogP contribution in [0, 0.1) is 0 Å². The van der Waals surface area contributed by atoms with Crippen LogP contribution in [0.25, 0.3) is 10.9 Å². The number of carbonyl (C=O) groups is 1. The van der Waals surface area contributed by atoms with Crippen LogP contribution in [0.4, 0.5) is 0 Å². The van der Waals surface area contributed by atoms with Crippen molar-refractivity contribution in [3.05, 3.63) is 35.5 Å². The number of aromatic amines is 1. The number of carbonyl (C=O) groups excluding carboxylic acids is 1. The summed E-state index contributed by atoms with van der Waals surface area (Å²) in [7, 11) is 1.30. The number of methoxy groups -OCH3 is 1. The molecule has 0 saturated heterocycles. The van der Waals surface area contributed by atoms with Gasteiger partial charge in [-0.15, -0.1) is 0 Å². The van der Waals surface area contributed by atoms with Gasteiger partial charge in [0.15, 0.2) is 0 Å². The van der Waals surface area contributed by atoms with Crippen LogP contribution in [0.5, 0.6) is 0 Å². The van der Waals surface area contributed by atoms with Crippen LogP contribution < -0.4 is 0 Å². The third kappa shape index (κ3) is 1.52. The number of nitrogens with one attached hydrogen (secondary N) is 1. The summed E-state index contributed by atoms with van der Waals surface area (Å²) in [6.45, 7) is 0. The van der Waals surface area contributed by atoms with Gasteiger partial charge >= 0.3 is 5.97 Å². The molecule has 1 heterocycles. The minimum absolute atomic E-state index is 0.279. The number of ether oxygens (including phenoxy) is 1. The number of hydrogen-bond acceptors (Lipinski definition) is 4. The Morgan fingerprint density at radius 1 is 1.50 bits per heavy atom. The molecule has 0 radical (unpaired) electrons. The van der Waals surface area contributed by atoms with E-state index in [1.807, 2.05) is 24.3 Å². The number of nitrogens with zero attached hydrogens (tertiary/aromatic N) is 1. The van der Waals surface area contributed by atoms with Crippen molar-refractivity contribution in [2.45, 2.75) is 0 Å². The average Bonchev–Trinajstić information content (AvgIpc) is 2.68. The lowest BCUT2D eigenvalue weighted by atomic mass is 10.1. The third-order valence-electron chi connectivity index (χ3n) is 2.32. The zero-order valence-electron chi connectivity index (χ0n) is 8.60. The molecule has 2 rings (SSSR count). The van der Waals surface area contributed by atoms with Crippen LogP contribution in [0.3, 0.4) is 0 Å². The summed E-state index contributed by atoms with van der Waals surface area (Å²) < 4.78 is 4.64. The lowest BCUT2D eigenvalue weighted by Gasteiger charge is -1.96. The van der Waals surface area contributed by atoms with E-state index in [0.717, 1.165) is 10.9 Å². The molecule has 5 heteroatoms. The predicted octanol–water partition coefficient (Wildman–Crippen LogP) is 1.76. The monoisotopic (exact) mass is 218 g/mol. The van der Waals surface area contributed by atoms with E-state index in [0.29, 0.717) is 5.56 Å². The molecule has 2 aromatic rings. The highest BCUT2D eigenvalue weighted by Crippen LogP contribution is 2.21. The molecule has 82 valence electrons. The number of para-hydroxylation sites is 1. The summed E-state index contributed by atoms with van der Waals surface area (Å²) in [6.07, 6.45) is 1.21. The number of oxime groups is 1. The Morgan fingerprint density at radius 3 is 2.94 bits per heavy atom. The first-order valence-electron chi connectivity index (χ1n) is 4.64. The maximum absolute atomic E-state index is 11.5. The highest BCUT2D eigenvalue weighted by atomic mass is 16.5. The normalized spacial score (nSPS) is 11.1. The molecular weight excluding hydrogens is 208 g/mol. The fourth-order valence-corrected chi connectivity index (χ4v) is 1.62. The van der Waals surface area contributed by atoms with Crippen molar-refractivity contribution in [1.82, 2.24) is 4.98 Å². The van der Waals surface area contributed by atoms with Crippen molar-refractivity contribution in [2.24, 2.45) is 5.16 Å². The zero-order valence-corrected chi connectivity index (χ0v) is 8.60. The molecule has 0 saturated carbocycles. The Kier molecular flexibility index (Phi) is 2.59. The van der Waals surface area contributed by atoms with Gasteiger partial charge < -0.3 is 14.9 Å². The molecule has 1 aromatic heterocycles. The van der Waals surface area contributed by atoms with E-state index >= 15 is 0 Å². The standard InChI is InChI=1S/C11H10N2O3/c1-16-11(14)10-8(6-12-15)7-4-2-3-5-9(7)13-10/h2-6,13,15H,1H3. The Morgan fingerprint density at radius 2 is 2.25 bits per heavy atom. The second-order valence-corrected chi connectivity index (χ2v) is 3.20. The second kappa shape index (κ2) is 4.06. The summed E-state index contributed by atoms with van der Waals surface area (Å²) in [4.78, 5) is 14.4. The van der Waals surface area contributed by atoms with Gasteiger partial charge in [-0.05, 0) is 6.07 Å². The molecule has 2 N–H and O–H groups in total. The first-order chi connectivity index (χ1) is 7.77. The summed E-state index contributed by atoms with van der Waals surface area (Å²) in [5.41, 5.74) is 1.59. The molecule has 0 bridgehead atoms. The topological polar surface area (TPSA) is 74.7 Å². The average molecular weight is 218 g/mol. The van der Waals surface area contributed by atoms with Gasteiger partial charge in [0, 0.05) is 16.5 Å². The van der Waals surface area contributed by atoms with E-state index in [-0.39, 0.29) is 5.69 Å². The summed E-state index contributed by atoms with van der Waals surface area (Å²) in [5.74, 6) is -0.494. The Labute approximate surface area is 91.3 Å².